The van der Waals surface area contributed by atoms with Crippen molar-refractivity contribution in [2.75, 3.05) is 7.11 Å². The number of rotatable bonds is 6. The summed E-state index contributed by atoms with van der Waals surface area (Å²) in [7, 11) is 1.68. The van der Waals surface area contributed by atoms with Gasteiger partial charge in [0.05, 0.1) is 19.0 Å². The van der Waals surface area contributed by atoms with E-state index in [0.717, 1.165) is 30.1 Å². The molecule has 0 aliphatic rings. The molecule has 0 saturated carbocycles. The van der Waals surface area contributed by atoms with E-state index < -0.39 is 0 Å². The fourth-order valence-corrected chi connectivity index (χ4v) is 2.27. The summed E-state index contributed by atoms with van der Waals surface area (Å²) in [4.78, 5) is 0. The lowest BCUT2D eigenvalue weighted by atomic mass is 10.2. The lowest BCUT2D eigenvalue weighted by Gasteiger charge is -2.05. The molecule has 0 unspecified atom stereocenters. The summed E-state index contributed by atoms with van der Waals surface area (Å²) >= 11 is 0. The van der Waals surface area contributed by atoms with E-state index in [0.29, 0.717) is 0 Å². The first-order valence-electron chi connectivity index (χ1n) is 7.28. The Kier molecular flexibility index (Phi) is 4.51. The van der Waals surface area contributed by atoms with Gasteiger partial charge in [-0.3, -0.25) is 0 Å². The number of para-hydroxylation sites is 1. The van der Waals surface area contributed by atoms with E-state index in [1.165, 1.54) is 5.56 Å². The standard InChI is InChI=1S/C18H19N3O/c1-22-18-9-7-15(8-10-18)11-19-12-16-13-20-21(14-16)17-5-3-2-4-6-17/h2-10,13-14,19H,11-12H2,1H3. The summed E-state index contributed by atoms with van der Waals surface area (Å²) < 4.78 is 7.05. The SMILES string of the molecule is COc1ccc(CNCc2cnn(-c3ccccc3)c2)cc1. The molecule has 3 aromatic rings. The Balaban J connectivity index is 1.54. The fraction of sp³-hybridized carbons (Fsp3) is 0.167. The number of hydrogen-bond donors (Lipinski definition) is 1. The van der Waals surface area contributed by atoms with Crippen LogP contribution in [-0.4, -0.2) is 16.9 Å². The third-order valence-corrected chi connectivity index (χ3v) is 3.47. The van der Waals surface area contributed by atoms with E-state index in [-0.39, 0.29) is 0 Å². The highest BCUT2D eigenvalue weighted by Crippen LogP contribution is 2.11. The van der Waals surface area contributed by atoms with Crippen molar-refractivity contribution in [2.24, 2.45) is 0 Å². The molecule has 0 spiro atoms. The Morgan fingerprint density at radius 3 is 2.41 bits per heavy atom. The van der Waals surface area contributed by atoms with Crippen LogP contribution < -0.4 is 10.1 Å². The van der Waals surface area contributed by atoms with E-state index >= 15 is 0 Å². The van der Waals surface area contributed by atoms with Crippen molar-refractivity contribution in [1.82, 2.24) is 15.1 Å². The first-order chi connectivity index (χ1) is 10.8. The molecule has 0 amide bonds. The topological polar surface area (TPSA) is 39.1 Å². The molecule has 0 fully saturated rings. The predicted molar refractivity (Wildman–Crippen MR) is 87.1 cm³/mol. The van der Waals surface area contributed by atoms with E-state index in [2.05, 4.69) is 28.7 Å². The van der Waals surface area contributed by atoms with Gasteiger partial charge < -0.3 is 10.1 Å². The third kappa shape index (κ3) is 3.54. The van der Waals surface area contributed by atoms with Crippen LogP contribution in [0.2, 0.25) is 0 Å². The average Bonchev–Trinajstić information content (AvgIpc) is 3.05. The minimum Gasteiger partial charge on any atom is -0.497 e. The van der Waals surface area contributed by atoms with Crippen LogP contribution in [0.15, 0.2) is 67.0 Å². The Hall–Kier alpha value is -2.59. The molecule has 0 aliphatic carbocycles. The zero-order valence-corrected chi connectivity index (χ0v) is 12.6. The number of aromatic nitrogens is 2. The van der Waals surface area contributed by atoms with Crippen molar-refractivity contribution >= 4 is 0 Å². The smallest absolute Gasteiger partial charge is 0.118 e. The van der Waals surface area contributed by atoms with Gasteiger partial charge in [0, 0.05) is 24.8 Å². The molecule has 112 valence electrons. The molecule has 22 heavy (non-hydrogen) atoms. The molecule has 1 N–H and O–H groups in total. The quantitative estimate of drug-likeness (QED) is 0.758. The molecule has 0 bridgehead atoms. The van der Waals surface area contributed by atoms with E-state index in [1.54, 1.807) is 7.11 Å². The first-order valence-corrected chi connectivity index (χ1v) is 7.28. The van der Waals surface area contributed by atoms with Gasteiger partial charge in [-0.15, -0.1) is 0 Å². The summed E-state index contributed by atoms with van der Waals surface area (Å²) in [5.74, 6) is 0.882. The van der Waals surface area contributed by atoms with Crippen molar-refractivity contribution in [3.05, 3.63) is 78.1 Å². The second kappa shape index (κ2) is 6.91. The summed E-state index contributed by atoms with van der Waals surface area (Å²) in [5.41, 5.74) is 3.47. The third-order valence-electron chi connectivity index (χ3n) is 3.47. The summed E-state index contributed by atoms with van der Waals surface area (Å²) in [6, 6.07) is 18.2. The molecule has 0 aliphatic heterocycles. The molecular formula is C18H19N3O. The molecule has 4 nitrogen and oxygen atoms in total. The van der Waals surface area contributed by atoms with Crippen molar-refractivity contribution in [3.8, 4) is 11.4 Å². The molecule has 1 heterocycles. The van der Waals surface area contributed by atoms with Crippen LogP contribution in [0, 0.1) is 0 Å². The first kappa shape index (κ1) is 14.4. The maximum atomic E-state index is 5.16. The molecule has 2 aromatic carbocycles. The Bertz CT molecular complexity index is 705. The van der Waals surface area contributed by atoms with Gasteiger partial charge in [-0.1, -0.05) is 30.3 Å². The lowest BCUT2D eigenvalue weighted by Crippen LogP contribution is -2.12. The van der Waals surface area contributed by atoms with Crippen molar-refractivity contribution in [3.63, 3.8) is 0 Å². The molecule has 0 atom stereocenters. The average molecular weight is 293 g/mol. The van der Waals surface area contributed by atoms with Crippen LogP contribution in [0.3, 0.4) is 0 Å². The summed E-state index contributed by atoms with van der Waals surface area (Å²) in [5, 5.41) is 7.82. The largest absolute Gasteiger partial charge is 0.497 e. The maximum Gasteiger partial charge on any atom is 0.118 e. The number of methoxy groups -OCH3 is 1. The van der Waals surface area contributed by atoms with Crippen LogP contribution in [0.25, 0.3) is 5.69 Å². The molecule has 3 rings (SSSR count). The number of nitrogens with zero attached hydrogens (tertiary/aromatic N) is 2. The molecule has 4 heteroatoms. The van der Waals surface area contributed by atoms with Crippen LogP contribution in [0.5, 0.6) is 5.75 Å². The Morgan fingerprint density at radius 1 is 0.955 bits per heavy atom. The Labute approximate surface area is 130 Å². The molecule has 0 saturated heterocycles. The highest BCUT2D eigenvalue weighted by atomic mass is 16.5. The van der Waals surface area contributed by atoms with Gasteiger partial charge in [0.25, 0.3) is 0 Å². The van der Waals surface area contributed by atoms with Gasteiger partial charge in [0.2, 0.25) is 0 Å². The maximum absolute atomic E-state index is 5.16. The minimum absolute atomic E-state index is 0.791. The van der Waals surface area contributed by atoms with Crippen molar-refractivity contribution < 1.29 is 4.74 Å². The fourth-order valence-electron chi connectivity index (χ4n) is 2.27. The van der Waals surface area contributed by atoms with Gasteiger partial charge >= 0.3 is 0 Å². The van der Waals surface area contributed by atoms with Gasteiger partial charge in [-0.05, 0) is 29.8 Å². The second-order valence-corrected chi connectivity index (χ2v) is 5.08. The number of ether oxygens (including phenoxy) is 1. The number of benzene rings is 2. The highest BCUT2D eigenvalue weighted by Gasteiger charge is 2.01. The molecular weight excluding hydrogens is 274 g/mol. The lowest BCUT2D eigenvalue weighted by molar-refractivity contribution is 0.414. The van der Waals surface area contributed by atoms with Crippen LogP contribution in [-0.2, 0) is 13.1 Å². The van der Waals surface area contributed by atoms with Crippen molar-refractivity contribution in [2.45, 2.75) is 13.1 Å². The predicted octanol–water partition coefficient (Wildman–Crippen LogP) is 3.17. The van der Waals surface area contributed by atoms with E-state index in [1.807, 2.05) is 53.3 Å². The summed E-state index contributed by atoms with van der Waals surface area (Å²) in [6.07, 6.45) is 3.95. The van der Waals surface area contributed by atoms with Gasteiger partial charge in [-0.2, -0.15) is 5.10 Å². The van der Waals surface area contributed by atoms with Crippen LogP contribution in [0.1, 0.15) is 11.1 Å². The summed E-state index contributed by atoms with van der Waals surface area (Å²) in [6.45, 7) is 1.61. The van der Waals surface area contributed by atoms with E-state index in [4.69, 9.17) is 4.74 Å². The normalized spacial score (nSPS) is 10.6. The molecule has 0 radical (unpaired) electrons. The minimum atomic E-state index is 0.791. The zero-order valence-electron chi connectivity index (χ0n) is 12.6. The highest BCUT2D eigenvalue weighted by molar-refractivity contribution is 5.31. The monoisotopic (exact) mass is 293 g/mol. The number of hydrogen-bond acceptors (Lipinski definition) is 3. The van der Waals surface area contributed by atoms with Gasteiger partial charge in [0.15, 0.2) is 0 Å². The van der Waals surface area contributed by atoms with E-state index in [9.17, 15) is 0 Å². The number of nitrogens with one attached hydrogen (secondary N) is 1. The zero-order chi connectivity index (χ0) is 15.2. The second-order valence-electron chi connectivity index (χ2n) is 5.08. The molecule has 1 aromatic heterocycles. The van der Waals surface area contributed by atoms with Crippen LogP contribution >= 0.6 is 0 Å². The van der Waals surface area contributed by atoms with Crippen molar-refractivity contribution in [1.29, 1.82) is 0 Å². The van der Waals surface area contributed by atoms with Gasteiger partial charge in [-0.25, -0.2) is 4.68 Å². The van der Waals surface area contributed by atoms with Crippen LogP contribution in [0.4, 0.5) is 0 Å². The van der Waals surface area contributed by atoms with Gasteiger partial charge in [0.1, 0.15) is 5.75 Å². The Morgan fingerprint density at radius 2 is 1.68 bits per heavy atom.